The molecular formula is C22H33N5O. The fourth-order valence-corrected chi connectivity index (χ4v) is 4.39. The van der Waals surface area contributed by atoms with Crippen molar-refractivity contribution in [1.29, 1.82) is 0 Å². The quantitative estimate of drug-likeness (QED) is 0.814. The van der Waals surface area contributed by atoms with Crippen molar-refractivity contribution in [3.05, 3.63) is 45.9 Å². The van der Waals surface area contributed by atoms with Gasteiger partial charge in [0.25, 0.3) is 5.56 Å². The molecule has 0 aromatic carbocycles. The van der Waals surface area contributed by atoms with Crippen LogP contribution in [0.5, 0.6) is 0 Å². The molecule has 152 valence electrons. The predicted molar refractivity (Wildman–Crippen MR) is 110 cm³/mol. The molecule has 2 aliphatic heterocycles. The summed E-state index contributed by atoms with van der Waals surface area (Å²) in [6, 6.07) is 3.54. The van der Waals surface area contributed by atoms with Crippen LogP contribution < -0.4 is 5.56 Å². The SMILES string of the molecule is CC(C)(C)c1ccc(=O)n(CC2CCN(Cc3cnc4n3CCCC4)CC2)n1. The van der Waals surface area contributed by atoms with Crippen LogP contribution in [0.1, 0.15) is 63.7 Å². The summed E-state index contributed by atoms with van der Waals surface area (Å²) in [6.07, 6.45) is 7.98. The van der Waals surface area contributed by atoms with E-state index in [9.17, 15) is 4.79 Å². The van der Waals surface area contributed by atoms with Crippen LogP contribution in [0.2, 0.25) is 0 Å². The number of aryl methyl sites for hydroxylation is 1. The van der Waals surface area contributed by atoms with Gasteiger partial charge in [-0.3, -0.25) is 9.69 Å². The summed E-state index contributed by atoms with van der Waals surface area (Å²) in [5, 5.41) is 4.64. The number of hydrogen-bond acceptors (Lipinski definition) is 4. The van der Waals surface area contributed by atoms with Crippen LogP contribution in [-0.4, -0.2) is 37.3 Å². The molecule has 0 radical (unpaired) electrons. The standard InChI is InChI=1S/C22H33N5O/c1-22(2,3)19-7-8-21(28)27(24-19)15-17-9-12-25(13-10-17)16-18-14-23-20-6-4-5-11-26(18)20/h7-8,14,17H,4-6,9-13,15-16H2,1-3H3. The molecule has 0 amide bonds. The topological polar surface area (TPSA) is 56.0 Å². The minimum Gasteiger partial charge on any atom is -0.331 e. The van der Waals surface area contributed by atoms with Crippen molar-refractivity contribution in [2.24, 2.45) is 5.92 Å². The number of imidazole rings is 1. The fraction of sp³-hybridized carbons (Fsp3) is 0.682. The van der Waals surface area contributed by atoms with Crippen molar-refractivity contribution in [3.8, 4) is 0 Å². The van der Waals surface area contributed by atoms with Crippen LogP contribution in [0.4, 0.5) is 0 Å². The van der Waals surface area contributed by atoms with Crippen LogP contribution >= 0.6 is 0 Å². The smallest absolute Gasteiger partial charge is 0.266 e. The highest BCUT2D eigenvalue weighted by atomic mass is 16.1. The van der Waals surface area contributed by atoms with E-state index >= 15 is 0 Å². The molecule has 4 heterocycles. The summed E-state index contributed by atoms with van der Waals surface area (Å²) in [4.78, 5) is 19.4. The van der Waals surface area contributed by atoms with Gasteiger partial charge < -0.3 is 4.57 Å². The number of hydrogen-bond donors (Lipinski definition) is 0. The van der Waals surface area contributed by atoms with Gasteiger partial charge in [0.1, 0.15) is 5.82 Å². The molecule has 1 fully saturated rings. The van der Waals surface area contributed by atoms with E-state index in [2.05, 4.69) is 46.5 Å². The zero-order chi connectivity index (χ0) is 19.7. The Morgan fingerprint density at radius 3 is 2.64 bits per heavy atom. The van der Waals surface area contributed by atoms with Crippen LogP contribution in [0.15, 0.2) is 23.1 Å². The molecule has 0 atom stereocenters. The Morgan fingerprint density at radius 1 is 1.11 bits per heavy atom. The minimum absolute atomic E-state index is 0.0151. The Bertz CT molecular complexity index is 868. The zero-order valence-electron chi connectivity index (χ0n) is 17.5. The molecule has 2 aliphatic rings. The van der Waals surface area contributed by atoms with Crippen LogP contribution in [0.3, 0.4) is 0 Å². The van der Waals surface area contributed by atoms with Gasteiger partial charge in [0.15, 0.2) is 0 Å². The number of fused-ring (bicyclic) bond motifs is 1. The first-order valence-corrected chi connectivity index (χ1v) is 10.7. The largest absolute Gasteiger partial charge is 0.331 e. The number of aromatic nitrogens is 4. The van der Waals surface area contributed by atoms with E-state index in [0.717, 1.165) is 57.7 Å². The third-order valence-electron chi connectivity index (χ3n) is 6.21. The molecule has 0 N–H and O–H groups in total. The van der Waals surface area contributed by atoms with Crippen molar-refractivity contribution in [2.75, 3.05) is 13.1 Å². The van der Waals surface area contributed by atoms with Gasteiger partial charge in [0.05, 0.1) is 11.4 Å². The third-order valence-corrected chi connectivity index (χ3v) is 6.21. The average molecular weight is 384 g/mol. The van der Waals surface area contributed by atoms with Gasteiger partial charge in [-0.25, -0.2) is 9.67 Å². The summed E-state index contributed by atoms with van der Waals surface area (Å²) < 4.78 is 4.12. The van der Waals surface area contributed by atoms with E-state index in [-0.39, 0.29) is 11.0 Å². The molecule has 0 unspecified atom stereocenters. The van der Waals surface area contributed by atoms with Gasteiger partial charge in [0, 0.05) is 43.7 Å². The summed E-state index contributed by atoms with van der Waals surface area (Å²) in [7, 11) is 0. The lowest BCUT2D eigenvalue weighted by molar-refractivity contribution is 0.159. The number of piperidine rings is 1. The zero-order valence-corrected chi connectivity index (χ0v) is 17.5. The van der Waals surface area contributed by atoms with E-state index in [4.69, 9.17) is 0 Å². The van der Waals surface area contributed by atoms with Gasteiger partial charge in [-0.2, -0.15) is 5.10 Å². The summed E-state index contributed by atoms with van der Waals surface area (Å²) in [5.41, 5.74) is 2.32. The van der Waals surface area contributed by atoms with Crippen molar-refractivity contribution in [1.82, 2.24) is 24.2 Å². The first-order chi connectivity index (χ1) is 13.4. The number of likely N-dealkylation sites (tertiary alicyclic amines) is 1. The van der Waals surface area contributed by atoms with Crippen LogP contribution in [-0.2, 0) is 31.5 Å². The maximum Gasteiger partial charge on any atom is 0.266 e. The molecular weight excluding hydrogens is 350 g/mol. The Balaban J connectivity index is 1.35. The molecule has 0 bridgehead atoms. The first kappa shape index (κ1) is 19.4. The van der Waals surface area contributed by atoms with Gasteiger partial charge in [-0.15, -0.1) is 0 Å². The molecule has 0 saturated carbocycles. The predicted octanol–water partition coefficient (Wildman–Crippen LogP) is 2.99. The highest BCUT2D eigenvalue weighted by Crippen LogP contribution is 2.23. The molecule has 6 heteroatoms. The highest BCUT2D eigenvalue weighted by Gasteiger charge is 2.23. The maximum atomic E-state index is 12.3. The molecule has 28 heavy (non-hydrogen) atoms. The average Bonchev–Trinajstić information content (AvgIpc) is 3.07. The van der Waals surface area contributed by atoms with Crippen LogP contribution in [0, 0.1) is 5.92 Å². The normalized spacial score (nSPS) is 19.0. The molecule has 2 aromatic rings. The lowest BCUT2D eigenvalue weighted by Crippen LogP contribution is -2.37. The molecule has 4 rings (SSSR count). The Kier molecular flexibility index (Phi) is 5.41. The molecule has 6 nitrogen and oxygen atoms in total. The molecule has 2 aromatic heterocycles. The summed E-state index contributed by atoms with van der Waals surface area (Å²) >= 11 is 0. The van der Waals surface area contributed by atoms with Gasteiger partial charge in [-0.05, 0) is 50.8 Å². The second-order valence-electron chi connectivity index (χ2n) is 9.48. The van der Waals surface area contributed by atoms with Crippen LogP contribution in [0.25, 0.3) is 0 Å². The molecule has 1 saturated heterocycles. The second-order valence-corrected chi connectivity index (χ2v) is 9.48. The monoisotopic (exact) mass is 383 g/mol. The third kappa shape index (κ3) is 4.22. The highest BCUT2D eigenvalue weighted by molar-refractivity contribution is 5.11. The van der Waals surface area contributed by atoms with Gasteiger partial charge >= 0.3 is 0 Å². The number of rotatable bonds is 4. The number of nitrogens with zero attached hydrogens (tertiary/aromatic N) is 5. The lowest BCUT2D eigenvalue weighted by Gasteiger charge is -2.32. The Morgan fingerprint density at radius 2 is 1.89 bits per heavy atom. The summed E-state index contributed by atoms with van der Waals surface area (Å²) in [6.45, 7) is 11.4. The fourth-order valence-electron chi connectivity index (χ4n) is 4.39. The van der Waals surface area contributed by atoms with Crippen molar-refractivity contribution in [3.63, 3.8) is 0 Å². The lowest BCUT2D eigenvalue weighted by atomic mass is 9.92. The van der Waals surface area contributed by atoms with E-state index in [1.54, 1.807) is 10.7 Å². The Hall–Kier alpha value is -1.95. The molecule has 0 aliphatic carbocycles. The van der Waals surface area contributed by atoms with E-state index in [1.165, 1.54) is 24.4 Å². The maximum absolute atomic E-state index is 12.3. The Labute approximate surface area is 167 Å². The van der Waals surface area contributed by atoms with Crippen molar-refractivity contribution in [2.45, 2.75) is 77.9 Å². The molecule has 0 spiro atoms. The van der Waals surface area contributed by atoms with E-state index < -0.39 is 0 Å². The van der Waals surface area contributed by atoms with Gasteiger partial charge in [-0.1, -0.05) is 20.8 Å². The van der Waals surface area contributed by atoms with E-state index in [1.807, 2.05) is 6.07 Å². The van der Waals surface area contributed by atoms with Crippen molar-refractivity contribution >= 4 is 0 Å². The second kappa shape index (κ2) is 7.82. The first-order valence-electron chi connectivity index (χ1n) is 10.7. The van der Waals surface area contributed by atoms with E-state index in [0.29, 0.717) is 5.92 Å². The van der Waals surface area contributed by atoms with Crippen molar-refractivity contribution < 1.29 is 0 Å². The minimum atomic E-state index is -0.0385. The summed E-state index contributed by atoms with van der Waals surface area (Å²) in [5.74, 6) is 1.79. The van der Waals surface area contributed by atoms with Gasteiger partial charge in [0.2, 0.25) is 0 Å².